The Morgan fingerprint density at radius 1 is 1.50 bits per heavy atom. The lowest BCUT2D eigenvalue weighted by Crippen LogP contribution is -2.29. The molecule has 49 valence electrons. The summed E-state index contributed by atoms with van der Waals surface area (Å²) in [6.45, 7) is 2.05. The van der Waals surface area contributed by atoms with Crippen molar-refractivity contribution in [1.29, 1.82) is 0 Å². The number of hydrogen-bond acceptors (Lipinski definition) is 1. The molecule has 0 aromatic heterocycles. The molecule has 0 spiro atoms. The molecular formula is C6H14NO. The fraction of sp³-hybridized carbons (Fsp3) is 1.00. The van der Waals surface area contributed by atoms with Crippen molar-refractivity contribution in [2.75, 3.05) is 20.7 Å². The van der Waals surface area contributed by atoms with Crippen molar-refractivity contribution in [3.63, 3.8) is 0 Å². The van der Waals surface area contributed by atoms with Gasteiger partial charge in [0.2, 0.25) is 0 Å². The molecule has 0 amide bonds. The molecule has 2 nitrogen and oxygen atoms in total. The summed E-state index contributed by atoms with van der Waals surface area (Å²) in [6.07, 6.45) is 0.955. The predicted octanol–water partition coefficient (Wildman–Crippen LogP) is 0.757. The van der Waals surface area contributed by atoms with Crippen molar-refractivity contribution >= 4 is 0 Å². The Morgan fingerprint density at radius 2 is 2.00 bits per heavy atom. The minimum atomic E-state index is 0.0174. The average Bonchev–Trinajstić information content (AvgIpc) is 1.69. The molecule has 0 aromatic carbocycles. The van der Waals surface area contributed by atoms with Crippen LogP contribution >= 0.6 is 0 Å². The van der Waals surface area contributed by atoms with Gasteiger partial charge >= 0.3 is 0 Å². The first-order valence-corrected chi connectivity index (χ1v) is 2.96. The van der Waals surface area contributed by atoms with Crippen molar-refractivity contribution in [1.82, 2.24) is 4.90 Å². The highest BCUT2D eigenvalue weighted by Gasteiger charge is 2.05. The Labute approximate surface area is 51.1 Å². The highest BCUT2D eigenvalue weighted by molar-refractivity contribution is 4.59. The van der Waals surface area contributed by atoms with E-state index < -0.39 is 0 Å². The van der Waals surface area contributed by atoms with E-state index in [2.05, 4.69) is 0 Å². The molecule has 0 bridgehead atoms. The molecule has 0 aliphatic rings. The summed E-state index contributed by atoms with van der Waals surface area (Å²) >= 11 is 0. The van der Waals surface area contributed by atoms with Gasteiger partial charge in [-0.25, -0.2) is 5.11 Å². The van der Waals surface area contributed by atoms with Crippen molar-refractivity contribution in [2.24, 2.45) is 0 Å². The second-order valence-electron chi connectivity index (χ2n) is 2.19. The second-order valence-corrected chi connectivity index (χ2v) is 2.19. The summed E-state index contributed by atoms with van der Waals surface area (Å²) in [7, 11) is 3.87. The maximum atomic E-state index is 10.3. The zero-order valence-electron chi connectivity index (χ0n) is 5.85. The van der Waals surface area contributed by atoms with Crippen LogP contribution in [0.25, 0.3) is 0 Å². The van der Waals surface area contributed by atoms with Crippen LogP contribution < -0.4 is 0 Å². The summed E-state index contributed by atoms with van der Waals surface area (Å²) in [6, 6.07) is 0.231. The molecular weight excluding hydrogens is 102 g/mol. The summed E-state index contributed by atoms with van der Waals surface area (Å²) in [5.41, 5.74) is 0. The van der Waals surface area contributed by atoms with Gasteiger partial charge < -0.3 is 4.90 Å². The van der Waals surface area contributed by atoms with Crippen LogP contribution in [-0.2, 0) is 5.11 Å². The quantitative estimate of drug-likeness (QED) is 0.534. The van der Waals surface area contributed by atoms with Gasteiger partial charge in [-0.15, -0.1) is 0 Å². The van der Waals surface area contributed by atoms with Crippen LogP contribution in [-0.4, -0.2) is 31.6 Å². The lowest BCUT2D eigenvalue weighted by molar-refractivity contribution is 0.109. The van der Waals surface area contributed by atoms with Crippen LogP contribution in [0.5, 0.6) is 0 Å². The van der Waals surface area contributed by atoms with Gasteiger partial charge in [0.1, 0.15) is 0 Å². The molecule has 0 saturated carbocycles. The zero-order valence-corrected chi connectivity index (χ0v) is 5.85. The molecule has 0 saturated heterocycles. The van der Waals surface area contributed by atoms with Gasteiger partial charge in [-0.2, -0.15) is 0 Å². The van der Waals surface area contributed by atoms with E-state index in [4.69, 9.17) is 0 Å². The maximum absolute atomic E-state index is 10.3. The molecule has 0 rings (SSSR count). The van der Waals surface area contributed by atoms with Crippen molar-refractivity contribution in [3.8, 4) is 0 Å². The van der Waals surface area contributed by atoms with Crippen molar-refractivity contribution in [3.05, 3.63) is 0 Å². The Hall–Kier alpha value is -0.0800. The first-order valence-electron chi connectivity index (χ1n) is 2.96. The van der Waals surface area contributed by atoms with E-state index in [1.54, 1.807) is 0 Å². The van der Waals surface area contributed by atoms with Gasteiger partial charge in [0.25, 0.3) is 0 Å². The number of likely N-dealkylation sites (N-methyl/N-ethyl adjacent to an activating group) is 1. The second kappa shape index (κ2) is 3.87. The summed E-state index contributed by atoms with van der Waals surface area (Å²) in [5.74, 6) is 0. The minimum absolute atomic E-state index is 0.0174. The third kappa shape index (κ3) is 2.28. The molecule has 0 aromatic rings. The van der Waals surface area contributed by atoms with E-state index >= 15 is 0 Å². The van der Waals surface area contributed by atoms with Crippen molar-refractivity contribution in [2.45, 2.75) is 19.4 Å². The molecule has 0 fully saturated rings. The maximum Gasteiger partial charge on any atom is 0.0977 e. The Morgan fingerprint density at radius 3 is 2.00 bits per heavy atom. The van der Waals surface area contributed by atoms with Crippen LogP contribution in [0.4, 0.5) is 0 Å². The monoisotopic (exact) mass is 116 g/mol. The molecule has 2 heteroatoms. The van der Waals surface area contributed by atoms with Gasteiger partial charge in [0.15, 0.2) is 0 Å². The molecule has 1 atom stereocenters. The molecule has 1 radical (unpaired) electrons. The van der Waals surface area contributed by atoms with Gasteiger partial charge in [-0.3, -0.25) is 0 Å². The van der Waals surface area contributed by atoms with Gasteiger partial charge in [-0.1, -0.05) is 6.92 Å². The van der Waals surface area contributed by atoms with E-state index in [1.165, 1.54) is 0 Å². The SMILES string of the molecule is CCC(C[O])N(C)C. The summed E-state index contributed by atoms with van der Waals surface area (Å²) in [4.78, 5) is 1.97. The average molecular weight is 116 g/mol. The molecule has 8 heavy (non-hydrogen) atoms. The highest BCUT2D eigenvalue weighted by Crippen LogP contribution is 1.95. The lowest BCUT2D eigenvalue weighted by Gasteiger charge is -2.18. The van der Waals surface area contributed by atoms with Crippen LogP contribution in [0.15, 0.2) is 0 Å². The minimum Gasteiger partial charge on any atom is -0.304 e. The first-order chi connectivity index (χ1) is 3.72. The molecule has 0 aliphatic heterocycles. The number of nitrogens with zero attached hydrogens (tertiary/aromatic N) is 1. The fourth-order valence-corrected chi connectivity index (χ4v) is 0.632. The third-order valence-corrected chi connectivity index (χ3v) is 1.39. The Balaban J connectivity index is 3.35. The summed E-state index contributed by atoms with van der Waals surface area (Å²) < 4.78 is 0. The molecule has 1 unspecified atom stereocenters. The number of hydrogen-bond donors (Lipinski definition) is 0. The van der Waals surface area contributed by atoms with Crippen LogP contribution in [0.1, 0.15) is 13.3 Å². The largest absolute Gasteiger partial charge is 0.304 e. The van der Waals surface area contributed by atoms with E-state index in [1.807, 2.05) is 25.9 Å². The predicted molar refractivity (Wildman–Crippen MR) is 33.3 cm³/mol. The fourth-order valence-electron chi connectivity index (χ4n) is 0.632. The smallest absolute Gasteiger partial charge is 0.0977 e. The molecule has 0 aliphatic carbocycles. The Bertz CT molecular complexity index is 50.5. The van der Waals surface area contributed by atoms with Gasteiger partial charge in [-0.05, 0) is 20.5 Å². The standard InChI is InChI=1S/C6H14NO/c1-4-6(5-8)7(2)3/h6H,4-5H2,1-3H3. The highest BCUT2D eigenvalue weighted by atomic mass is 16.3. The summed E-state index contributed by atoms with van der Waals surface area (Å²) in [5, 5.41) is 10.3. The van der Waals surface area contributed by atoms with E-state index in [-0.39, 0.29) is 12.6 Å². The van der Waals surface area contributed by atoms with E-state index in [0.717, 1.165) is 6.42 Å². The molecule has 0 N–H and O–H groups in total. The van der Waals surface area contributed by atoms with Crippen molar-refractivity contribution < 1.29 is 5.11 Å². The topological polar surface area (TPSA) is 23.1 Å². The van der Waals surface area contributed by atoms with E-state index in [0.29, 0.717) is 0 Å². The first kappa shape index (κ1) is 7.92. The van der Waals surface area contributed by atoms with E-state index in [9.17, 15) is 5.11 Å². The Kier molecular flexibility index (Phi) is 3.83. The lowest BCUT2D eigenvalue weighted by atomic mass is 10.2. The zero-order chi connectivity index (χ0) is 6.57. The third-order valence-electron chi connectivity index (χ3n) is 1.39. The van der Waals surface area contributed by atoms with Crippen LogP contribution in [0.3, 0.4) is 0 Å². The molecule has 0 heterocycles. The normalized spacial score (nSPS) is 14.6. The number of rotatable bonds is 3. The van der Waals surface area contributed by atoms with Gasteiger partial charge in [0.05, 0.1) is 6.61 Å². The van der Waals surface area contributed by atoms with Crippen LogP contribution in [0.2, 0.25) is 0 Å². The van der Waals surface area contributed by atoms with Crippen LogP contribution in [0, 0.1) is 0 Å². The van der Waals surface area contributed by atoms with Gasteiger partial charge in [0, 0.05) is 6.04 Å².